The normalized spacial score (nSPS) is 11.3. The smallest absolute Gasteiger partial charge is 0.234 e. The van der Waals surface area contributed by atoms with Gasteiger partial charge in [0.05, 0.1) is 0 Å². The van der Waals surface area contributed by atoms with Gasteiger partial charge in [0, 0.05) is 19.5 Å². The summed E-state index contributed by atoms with van der Waals surface area (Å²) in [6, 6.07) is 0. The number of nitrogens with one attached hydrogen (secondary N) is 1. The highest BCUT2D eigenvalue weighted by atomic mass is 16.2. The lowest BCUT2D eigenvalue weighted by molar-refractivity contribution is -0.126. The molecule has 30 heavy (non-hydrogen) atoms. The lowest BCUT2D eigenvalue weighted by Gasteiger charge is -2.20. The number of hydrogen-bond acceptors (Lipinski definition) is 2. The average molecular weight is 425 g/mol. The summed E-state index contributed by atoms with van der Waals surface area (Å²) in [5.74, 6) is 0.192. The van der Waals surface area contributed by atoms with Crippen molar-refractivity contribution >= 4 is 5.91 Å². The molecule has 0 fully saturated rings. The Balaban J connectivity index is 3.18. The van der Waals surface area contributed by atoms with Crippen LogP contribution in [0.25, 0.3) is 0 Å². The number of amides is 1. The van der Waals surface area contributed by atoms with Crippen molar-refractivity contribution in [2.45, 2.75) is 156 Å². The van der Waals surface area contributed by atoms with Crippen LogP contribution < -0.4 is 5.43 Å². The molecule has 0 aromatic rings. The molecular formula is C27H56N2O. The summed E-state index contributed by atoms with van der Waals surface area (Å²) in [4.78, 5) is 11.9. The van der Waals surface area contributed by atoms with Gasteiger partial charge in [-0.15, -0.1) is 0 Å². The van der Waals surface area contributed by atoms with E-state index in [2.05, 4.69) is 26.2 Å². The first-order valence-corrected chi connectivity index (χ1v) is 13.8. The maximum Gasteiger partial charge on any atom is 0.234 e. The highest BCUT2D eigenvalue weighted by Crippen LogP contribution is 2.14. The quantitative estimate of drug-likeness (QED) is 0.124. The molecular weight excluding hydrogens is 368 g/mol. The van der Waals surface area contributed by atoms with Crippen LogP contribution in [0.3, 0.4) is 0 Å². The number of rotatable bonds is 24. The lowest BCUT2D eigenvalue weighted by Crippen LogP contribution is -2.42. The van der Waals surface area contributed by atoms with Gasteiger partial charge in [-0.1, -0.05) is 136 Å². The molecule has 0 atom stereocenters. The molecule has 1 N–H and O–H groups in total. The summed E-state index contributed by atoms with van der Waals surface area (Å²) in [5.41, 5.74) is 3.02. The molecule has 0 saturated carbocycles. The van der Waals surface area contributed by atoms with Crippen LogP contribution in [0.4, 0.5) is 0 Å². The standard InChI is InChI=1S/C27H56N2O/c1-4-7-8-9-10-11-12-13-14-15-16-17-18-19-20-21-22-23-24-25-27(30)28-29(6-3)26-5-2/h4-26H2,1-3H3,(H,28,30). The Labute approximate surface area is 190 Å². The van der Waals surface area contributed by atoms with E-state index in [1.807, 2.05) is 5.01 Å². The molecule has 0 unspecified atom stereocenters. The van der Waals surface area contributed by atoms with Gasteiger partial charge in [0.1, 0.15) is 0 Å². The predicted molar refractivity (Wildman–Crippen MR) is 134 cm³/mol. The fraction of sp³-hybridized carbons (Fsp3) is 0.963. The van der Waals surface area contributed by atoms with Gasteiger partial charge < -0.3 is 0 Å². The van der Waals surface area contributed by atoms with Gasteiger partial charge in [-0.2, -0.15) is 0 Å². The minimum Gasteiger partial charge on any atom is -0.289 e. The first-order chi connectivity index (χ1) is 14.7. The zero-order chi connectivity index (χ0) is 22.1. The molecule has 0 radical (unpaired) electrons. The van der Waals surface area contributed by atoms with Gasteiger partial charge in [-0.3, -0.25) is 10.2 Å². The third-order valence-electron chi connectivity index (χ3n) is 6.17. The maximum absolute atomic E-state index is 11.9. The van der Waals surface area contributed by atoms with Crippen molar-refractivity contribution in [1.82, 2.24) is 10.4 Å². The molecule has 180 valence electrons. The molecule has 0 aliphatic rings. The SMILES string of the molecule is CCCCCCCCCCCCCCCCCCCCCC(=O)NN(CC)CCC. The van der Waals surface area contributed by atoms with E-state index in [1.54, 1.807) is 0 Å². The molecule has 0 aromatic heterocycles. The molecule has 0 rings (SSSR count). The summed E-state index contributed by atoms with van der Waals surface area (Å²) >= 11 is 0. The molecule has 3 heteroatoms. The third kappa shape index (κ3) is 22.1. The van der Waals surface area contributed by atoms with Crippen molar-refractivity contribution in [2.75, 3.05) is 13.1 Å². The second kappa shape index (κ2) is 24.7. The van der Waals surface area contributed by atoms with E-state index in [0.717, 1.165) is 25.9 Å². The van der Waals surface area contributed by atoms with Crippen LogP contribution in [0.5, 0.6) is 0 Å². The molecule has 3 nitrogen and oxygen atoms in total. The van der Waals surface area contributed by atoms with Crippen LogP contribution in [0.1, 0.15) is 156 Å². The topological polar surface area (TPSA) is 32.3 Å². The summed E-state index contributed by atoms with van der Waals surface area (Å²) in [5, 5.41) is 2.03. The molecule has 0 spiro atoms. The van der Waals surface area contributed by atoms with Gasteiger partial charge >= 0.3 is 0 Å². The summed E-state index contributed by atoms with van der Waals surface area (Å²) in [7, 11) is 0. The molecule has 0 aliphatic heterocycles. The van der Waals surface area contributed by atoms with E-state index in [0.29, 0.717) is 6.42 Å². The van der Waals surface area contributed by atoms with Crippen molar-refractivity contribution in [2.24, 2.45) is 0 Å². The van der Waals surface area contributed by atoms with Gasteiger partial charge in [0.25, 0.3) is 0 Å². The third-order valence-corrected chi connectivity index (χ3v) is 6.17. The molecule has 0 bridgehead atoms. The van der Waals surface area contributed by atoms with E-state index < -0.39 is 0 Å². The number of carbonyl (C=O) groups excluding carboxylic acids is 1. The van der Waals surface area contributed by atoms with Crippen LogP contribution in [-0.2, 0) is 4.79 Å². The van der Waals surface area contributed by atoms with E-state index >= 15 is 0 Å². The van der Waals surface area contributed by atoms with Crippen molar-refractivity contribution < 1.29 is 4.79 Å². The highest BCUT2D eigenvalue weighted by Gasteiger charge is 2.06. The van der Waals surface area contributed by atoms with Crippen molar-refractivity contribution in [3.05, 3.63) is 0 Å². The molecule has 0 saturated heterocycles. The van der Waals surface area contributed by atoms with Crippen LogP contribution >= 0.6 is 0 Å². The van der Waals surface area contributed by atoms with Gasteiger partial charge in [-0.05, 0) is 12.8 Å². The zero-order valence-electron chi connectivity index (χ0n) is 21.1. The van der Waals surface area contributed by atoms with Crippen LogP contribution in [0.15, 0.2) is 0 Å². The second-order valence-electron chi connectivity index (χ2n) is 9.23. The van der Waals surface area contributed by atoms with Crippen molar-refractivity contribution in [3.8, 4) is 0 Å². The number of hydrazine groups is 1. The highest BCUT2D eigenvalue weighted by molar-refractivity contribution is 5.75. The Kier molecular flexibility index (Phi) is 24.2. The largest absolute Gasteiger partial charge is 0.289 e. The lowest BCUT2D eigenvalue weighted by atomic mass is 10.0. The van der Waals surface area contributed by atoms with E-state index in [4.69, 9.17) is 0 Å². The monoisotopic (exact) mass is 424 g/mol. The number of unbranched alkanes of at least 4 members (excludes halogenated alkanes) is 18. The van der Waals surface area contributed by atoms with Crippen LogP contribution in [0.2, 0.25) is 0 Å². The van der Waals surface area contributed by atoms with E-state index in [1.165, 1.54) is 116 Å². The van der Waals surface area contributed by atoms with Crippen LogP contribution in [-0.4, -0.2) is 24.0 Å². The fourth-order valence-electron chi connectivity index (χ4n) is 4.16. The molecule has 0 aromatic carbocycles. The zero-order valence-corrected chi connectivity index (χ0v) is 21.1. The van der Waals surface area contributed by atoms with Gasteiger partial charge in [-0.25, -0.2) is 5.01 Å². The Morgan fingerprint density at radius 3 is 1.23 bits per heavy atom. The molecule has 1 amide bonds. The Bertz CT molecular complexity index is 346. The van der Waals surface area contributed by atoms with Crippen molar-refractivity contribution in [1.29, 1.82) is 0 Å². The first kappa shape index (κ1) is 29.4. The van der Waals surface area contributed by atoms with Gasteiger partial charge in [0.2, 0.25) is 5.91 Å². The minimum absolute atomic E-state index is 0.192. The average Bonchev–Trinajstić information content (AvgIpc) is 2.75. The minimum atomic E-state index is 0.192. The molecule has 0 aliphatic carbocycles. The number of nitrogens with zero attached hydrogens (tertiary/aromatic N) is 1. The second-order valence-corrected chi connectivity index (χ2v) is 9.23. The molecule has 0 heterocycles. The summed E-state index contributed by atoms with van der Waals surface area (Å²) in [6.07, 6.45) is 28.1. The van der Waals surface area contributed by atoms with Crippen LogP contribution in [0, 0.1) is 0 Å². The number of carbonyl (C=O) groups is 1. The Morgan fingerprint density at radius 1 is 0.533 bits per heavy atom. The predicted octanol–water partition coefficient (Wildman–Crippen LogP) is 8.57. The Hall–Kier alpha value is -0.570. The summed E-state index contributed by atoms with van der Waals surface area (Å²) in [6.45, 7) is 8.36. The van der Waals surface area contributed by atoms with E-state index in [9.17, 15) is 4.79 Å². The first-order valence-electron chi connectivity index (χ1n) is 13.8. The Morgan fingerprint density at radius 2 is 0.900 bits per heavy atom. The van der Waals surface area contributed by atoms with Gasteiger partial charge in [0.15, 0.2) is 0 Å². The van der Waals surface area contributed by atoms with E-state index in [-0.39, 0.29) is 5.91 Å². The maximum atomic E-state index is 11.9. The fourth-order valence-corrected chi connectivity index (χ4v) is 4.16. The van der Waals surface area contributed by atoms with Crippen molar-refractivity contribution in [3.63, 3.8) is 0 Å². The number of hydrogen-bond donors (Lipinski definition) is 1. The summed E-state index contributed by atoms with van der Waals surface area (Å²) < 4.78 is 0.